The topological polar surface area (TPSA) is 47.5 Å². The van der Waals surface area contributed by atoms with Crippen molar-refractivity contribution in [2.45, 2.75) is 24.5 Å². The summed E-state index contributed by atoms with van der Waals surface area (Å²) in [6.45, 7) is 2.51. The van der Waals surface area contributed by atoms with E-state index >= 15 is 0 Å². The molecule has 1 spiro atoms. The van der Waals surface area contributed by atoms with E-state index in [1.807, 2.05) is 30.5 Å². The van der Waals surface area contributed by atoms with Gasteiger partial charge in [0.05, 0.1) is 18.4 Å². The molecule has 0 aliphatic carbocycles. The molecule has 0 N–H and O–H groups in total. The van der Waals surface area contributed by atoms with E-state index in [0.29, 0.717) is 6.61 Å². The molecule has 2 aliphatic rings. The van der Waals surface area contributed by atoms with Crippen LogP contribution in [0.5, 0.6) is 5.75 Å². The SMILES string of the molecule is c1ccc(N2CC[C@]3(C[C@H](Oc4cccnc4)CO3)C2)nc1. The smallest absolute Gasteiger partial charge is 0.138 e. The quantitative estimate of drug-likeness (QED) is 0.870. The average Bonchev–Trinajstić information content (AvgIpc) is 3.17. The Labute approximate surface area is 129 Å². The molecule has 0 bridgehead atoms. The molecule has 2 aliphatic heterocycles. The highest BCUT2D eigenvalue weighted by atomic mass is 16.6. The highest BCUT2D eigenvalue weighted by Gasteiger charge is 2.46. The van der Waals surface area contributed by atoms with Crippen molar-refractivity contribution in [2.24, 2.45) is 0 Å². The molecule has 5 nitrogen and oxygen atoms in total. The lowest BCUT2D eigenvalue weighted by Gasteiger charge is -2.23. The van der Waals surface area contributed by atoms with Crippen molar-refractivity contribution in [2.75, 3.05) is 24.6 Å². The zero-order chi connectivity index (χ0) is 14.8. The first kappa shape index (κ1) is 13.5. The standard InChI is InChI=1S/C17H19N3O2/c1-2-8-19-16(5-1)20-9-6-17(13-20)10-15(12-21-17)22-14-4-3-7-18-11-14/h1-5,7-8,11,15H,6,9-10,12-13H2/t15-,17-/m0/s1. The highest BCUT2D eigenvalue weighted by Crippen LogP contribution is 2.37. The molecule has 0 aromatic carbocycles. The van der Waals surface area contributed by atoms with Crippen molar-refractivity contribution >= 4 is 5.82 Å². The lowest BCUT2D eigenvalue weighted by atomic mass is 9.98. The first-order chi connectivity index (χ1) is 10.8. The predicted molar refractivity (Wildman–Crippen MR) is 83.0 cm³/mol. The lowest BCUT2D eigenvalue weighted by molar-refractivity contribution is 0.0195. The molecule has 2 aromatic rings. The molecule has 2 atom stereocenters. The molecule has 2 aromatic heterocycles. The largest absolute Gasteiger partial charge is 0.486 e. The Bertz CT molecular complexity index is 622. The Morgan fingerprint density at radius 1 is 1.23 bits per heavy atom. The third-order valence-corrected chi connectivity index (χ3v) is 4.40. The van der Waals surface area contributed by atoms with E-state index in [0.717, 1.165) is 37.5 Å². The number of anilines is 1. The van der Waals surface area contributed by atoms with Crippen LogP contribution in [0.1, 0.15) is 12.8 Å². The molecule has 0 amide bonds. The van der Waals surface area contributed by atoms with Gasteiger partial charge in [-0.15, -0.1) is 0 Å². The predicted octanol–water partition coefficient (Wildman–Crippen LogP) is 2.29. The van der Waals surface area contributed by atoms with Gasteiger partial charge in [0.15, 0.2) is 0 Å². The number of pyridine rings is 2. The number of nitrogens with zero attached hydrogens (tertiary/aromatic N) is 3. The van der Waals surface area contributed by atoms with Crippen molar-refractivity contribution in [3.8, 4) is 5.75 Å². The van der Waals surface area contributed by atoms with Gasteiger partial charge >= 0.3 is 0 Å². The molecule has 114 valence electrons. The summed E-state index contributed by atoms with van der Waals surface area (Å²) in [4.78, 5) is 10.8. The molecule has 4 heterocycles. The maximum absolute atomic E-state index is 6.12. The summed E-state index contributed by atoms with van der Waals surface area (Å²) < 4.78 is 12.1. The van der Waals surface area contributed by atoms with Crippen molar-refractivity contribution in [3.63, 3.8) is 0 Å². The molecule has 0 radical (unpaired) electrons. The number of hydrogen-bond donors (Lipinski definition) is 0. The van der Waals surface area contributed by atoms with Crippen LogP contribution >= 0.6 is 0 Å². The minimum Gasteiger partial charge on any atom is -0.486 e. The van der Waals surface area contributed by atoms with Gasteiger partial charge in [0.1, 0.15) is 17.7 Å². The molecular formula is C17H19N3O2. The monoisotopic (exact) mass is 297 g/mol. The molecule has 2 saturated heterocycles. The number of hydrogen-bond acceptors (Lipinski definition) is 5. The minimum atomic E-state index is -0.0929. The fourth-order valence-corrected chi connectivity index (χ4v) is 3.35. The molecule has 5 heteroatoms. The third-order valence-electron chi connectivity index (χ3n) is 4.40. The van der Waals surface area contributed by atoms with Crippen LogP contribution in [0.25, 0.3) is 0 Å². The fraction of sp³-hybridized carbons (Fsp3) is 0.412. The Morgan fingerprint density at radius 3 is 3.05 bits per heavy atom. The van der Waals surface area contributed by atoms with Gasteiger partial charge < -0.3 is 14.4 Å². The number of rotatable bonds is 3. The van der Waals surface area contributed by atoms with Gasteiger partial charge in [-0.3, -0.25) is 4.98 Å². The first-order valence-corrected chi connectivity index (χ1v) is 7.70. The molecule has 4 rings (SSSR count). The van der Waals surface area contributed by atoms with Crippen LogP contribution < -0.4 is 9.64 Å². The van der Waals surface area contributed by atoms with E-state index in [-0.39, 0.29) is 11.7 Å². The summed E-state index contributed by atoms with van der Waals surface area (Å²) >= 11 is 0. The summed E-state index contributed by atoms with van der Waals surface area (Å²) in [5.41, 5.74) is -0.0929. The maximum atomic E-state index is 6.12. The second-order valence-electron chi connectivity index (χ2n) is 5.99. The van der Waals surface area contributed by atoms with E-state index in [4.69, 9.17) is 9.47 Å². The minimum absolute atomic E-state index is 0.0929. The van der Waals surface area contributed by atoms with E-state index < -0.39 is 0 Å². The van der Waals surface area contributed by atoms with Crippen LogP contribution in [-0.2, 0) is 4.74 Å². The Hall–Kier alpha value is -2.14. The number of ether oxygens (including phenoxy) is 2. The van der Waals surface area contributed by atoms with Crippen LogP contribution in [0.2, 0.25) is 0 Å². The van der Waals surface area contributed by atoms with Gasteiger partial charge in [-0.2, -0.15) is 0 Å². The van der Waals surface area contributed by atoms with E-state index in [1.165, 1.54) is 0 Å². The van der Waals surface area contributed by atoms with Crippen molar-refractivity contribution in [1.29, 1.82) is 0 Å². The Morgan fingerprint density at radius 2 is 2.23 bits per heavy atom. The summed E-state index contributed by atoms with van der Waals surface area (Å²) in [6, 6.07) is 9.85. The van der Waals surface area contributed by atoms with Crippen molar-refractivity contribution in [3.05, 3.63) is 48.9 Å². The normalized spacial score (nSPS) is 27.5. The average molecular weight is 297 g/mol. The van der Waals surface area contributed by atoms with Crippen LogP contribution in [0.4, 0.5) is 5.82 Å². The third kappa shape index (κ3) is 2.64. The van der Waals surface area contributed by atoms with Gasteiger partial charge in [-0.25, -0.2) is 4.98 Å². The van der Waals surface area contributed by atoms with Gasteiger partial charge in [0, 0.05) is 31.9 Å². The lowest BCUT2D eigenvalue weighted by Crippen LogP contribution is -2.33. The van der Waals surface area contributed by atoms with Crippen molar-refractivity contribution in [1.82, 2.24) is 9.97 Å². The van der Waals surface area contributed by atoms with Gasteiger partial charge in [-0.1, -0.05) is 6.07 Å². The molecular weight excluding hydrogens is 278 g/mol. The first-order valence-electron chi connectivity index (χ1n) is 7.70. The zero-order valence-corrected chi connectivity index (χ0v) is 12.4. The molecule has 0 unspecified atom stereocenters. The number of aromatic nitrogens is 2. The second kappa shape index (κ2) is 5.57. The van der Waals surface area contributed by atoms with Gasteiger partial charge in [-0.05, 0) is 30.7 Å². The van der Waals surface area contributed by atoms with Gasteiger partial charge in [0.2, 0.25) is 0 Å². The van der Waals surface area contributed by atoms with E-state index in [9.17, 15) is 0 Å². The van der Waals surface area contributed by atoms with Crippen molar-refractivity contribution < 1.29 is 9.47 Å². The molecule has 2 fully saturated rings. The zero-order valence-electron chi connectivity index (χ0n) is 12.4. The summed E-state index contributed by atoms with van der Waals surface area (Å²) in [5.74, 6) is 1.84. The Kier molecular flexibility index (Phi) is 3.42. The van der Waals surface area contributed by atoms with E-state index in [1.54, 1.807) is 12.4 Å². The summed E-state index contributed by atoms with van der Waals surface area (Å²) in [7, 11) is 0. The maximum Gasteiger partial charge on any atom is 0.138 e. The Balaban J connectivity index is 1.40. The molecule has 0 saturated carbocycles. The second-order valence-corrected chi connectivity index (χ2v) is 5.99. The van der Waals surface area contributed by atoms with Crippen LogP contribution in [0.15, 0.2) is 48.9 Å². The van der Waals surface area contributed by atoms with Gasteiger partial charge in [0.25, 0.3) is 0 Å². The fourth-order valence-electron chi connectivity index (χ4n) is 3.35. The van der Waals surface area contributed by atoms with Crippen LogP contribution in [0.3, 0.4) is 0 Å². The van der Waals surface area contributed by atoms with E-state index in [2.05, 4.69) is 20.9 Å². The van der Waals surface area contributed by atoms with Crippen LogP contribution in [0, 0.1) is 0 Å². The molecule has 22 heavy (non-hydrogen) atoms. The van der Waals surface area contributed by atoms with Crippen LogP contribution in [-0.4, -0.2) is 41.4 Å². The summed E-state index contributed by atoms with van der Waals surface area (Å²) in [6.07, 6.45) is 7.39. The highest BCUT2D eigenvalue weighted by molar-refractivity contribution is 5.40. The summed E-state index contributed by atoms with van der Waals surface area (Å²) in [5, 5.41) is 0.